The Balaban J connectivity index is 2.43. The van der Waals surface area contributed by atoms with Crippen LogP contribution in [0.5, 0.6) is 5.75 Å². The smallest absolute Gasteiger partial charge is 0.302 e. The molecule has 0 atom stereocenters. The minimum absolute atomic E-state index is 0.148. The topological polar surface area (TPSA) is 52.6 Å². The summed E-state index contributed by atoms with van der Waals surface area (Å²) >= 11 is 0. The van der Waals surface area contributed by atoms with Gasteiger partial charge in [-0.05, 0) is 37.1 Å². The van der Waals surface area contributed by atoms with Gasteiger partial charge in [0.1, 0.15) is 5.75 Å². The summed E-state index contributed by atoms with van der Waals surface area (Å²) in [5.41, 5.74) is 0.321. The van der Waals surface area contributed by atoms with E-state index in [-0.39, 0.29) is 11.8 Å². The van der Waals surface area contributed by atoms with E-state index >= 15 is 0 Å². The number of ether oxygens (including phenoxy) is 2. The van der Waals surface area contributed by atoms with Crippen molar-refractivity contribution in [2.45, 2.75) is 46.5 Å². The van der Waals surface area contributed by atoms with Gasteiger partial charge in [-0.15, -0.1) is 0 Å². The molecular weight excluding hydrogens is 280 g/mol. The predicted molar refractivity (Wildman–Crippen MR) is 86.2 cm³/mol. The zero-order valence-electron chi connectivity index (χ0n) is 14.0. The number of hydrogen-bond donors (Lipinski definition) is 0. The number of esters is 1. The van der Waals surface area contributed by atoms with Gasteiger partial charge in [-0.1, -0.05) is 26.7 Å². The van der Waals surface area contributed by atoms with Crippen LogP contribution in [0.1, 0.15) is 56.8 Å². The lowest BCUT2D eigenvalue weighted by Gasteiger charge is -2.23. The Morgan fingerprint density at radius 1 is 1.05 bits per heavy atom. The number of Topliss-reactive ketones (excluding diaryl/α,β-unsaturated/α-hetero) is 1. The number of benzene rings is 1. The molecule has 0 amide bonds. The van der Waals surface area contributed by atoms with Gasteiger partial charge in [0, 0.05) is 17.9 Å². The lowest BCUT2D eigenvalue weighted by Crippen LogP contribution is -2.24. The monoisotopic (exact) mass is 306 g/mol. The van der Waals surface area contributed by atoms with Crippen LogP contribution in [0, 0.1) is 5.41 Å². The lowest BCUT2D eigenvalue weighted by atomic mass is 9.80. The zero-order valence-corrected chi connectivity index (χ0v) is 14.0. The molecule has 0 spiro atoms. The minimum atomic E-state index is -0.393. The highest BCUT2D eigenvalue weighted by Crippen LogP contribution is 2.29. The maximum absolute atomic E-state index is 12.6. The van der Waals surface area contributed by atoms with Crippen LogP contribution in [-0.2, 0) is 9.53 Å². The summed E-state index contributed by atoms with van der Waals surface area (Å²) in [4.78, 5) is 23.2. The summed E-state index contributed by atoms with van der Waals surface area (Å²) in [5.74, 6) is 0.657. The Bertz CT molecular complexity index is 488. The first-order chi connectivity index (χ1) is 10.4. The Hall–Kier alpha value is -1.84. The molecule has 4 heteroatoms. The summed E-state index contributed by atoms with van der Waals surface area (Å²) in [5, 5.41) is 0. The molecule has 0 aliphatic heterocycles. The van der Waals surface area contributed by atoms with E-state index in [1.165, 1.54) is 6.92 Å². The van der Waals surface area contributed by atoms with Crippen LogP contribution in [0.2, 0.25) is 0 Å². The second-order valence-electron chi connectivity index (χ2n) is 6.09. The molecule has 4 nitrogen and oxygen atoms in total. The number of hydrogen-bond acceptors (Lipinski definition) is 4. The number of carbonyl (C=O) groups excluding carboxylic acids is 2. The van der Waals surface area contributed by atoms with Crippen molar-refractivity contribution in [1.82, 2.24) is 0 Å². The molecule has 0 bridgehead atoms. The minimum Gasteiger partial charge on any atom is -0.497 e. The molecule has 0 aliphatic carbocycles. The van der Waals surface area contributed by atoms with Gasteiger partial charge in [0.15, 0.2) is 5.78 Å². The molecule has 1 aromatic rings. The number of ketones is 1. The molecule has 0 saturated carbocycles. The van der Waals surface area contributed by atoms with E-state index in [4.69, 9.17) is 9.47 Å². The number of rotatable bonds is 9. The fourth-order valence-electron chi connectivity index (χ4n) is 2.31. The maximum atomic E-state index is 12.6. The second-order valence-corrected chi connectivity index (χ2v) is 6.09. The summed E-state index contributed by atoms with van der Waals surface area (Å²) in [6.07, 6.45) is 3.55. The molecule has 22 heavy (non-hydrogen) atoms. The van der Waals surface area contributed by atoms with Gasteiger partial charge in [-0.3, -0.25) is 9.59 Å². The van der Waals surface area contributed by atoms with Gasteiger partial charge in [0.05, 0.1) is 13.7 Å². The van der Waals surface area contributed by atoms with Crippen LogP contribution in [0.15, 0.2) is 24.3 Å². The molecule has 0 saturated heterocycles. The van der Waals surface area contributed by atoms with Crippen molar-refractivity contribution in [1.29, 1.82) is 0 Å². The average molecular weight is 306 g/mol. The Labute approximate surface area is 132 Å². The summed E-state index contributed by atoms with van der Waals surface area (Å²) in [6.45, 7) is 5.83. The van der Waals surface area contributed by atoms with Crippen LogP contribution < -0.4 is 4.74 Å². The van der Waals surface area contributed by atoms with E-state index in [1.54, 1.807) is 7.11 Å². The molecular formula is C18H26O4. The lowest BCUT2D eigenvalue weighted by molar-refractivity contribution is -0.141. The molecule has 122 valence electrons. The molecule has 0 unspecified atom stereocenters. The molecule has 0 aliphatic rings. The van der Waals surface area contributed by atoms with E-state index in [9.17, 15) is 9.59 Å². The second kappa shape index (κ2) is 8.57. The molecule has 0 fully saturated rings. The number of carbonyl (C=O) groups is 2. The zero-order chi connectivity index (χ0) is 16.6. The van der Waals surface area contributed by atoms with Crippen molar-refractivity contribution >= 4 is 11.8 Å². The summed E-state index contributed by atoms with van der Waals surface area (Å²) < 4.78 is 10.0. The third-order valence-electron chi connectivity index (χ3n) is 3.72. The fourth-order valence-corrected chi connectivity index (χ4v) is 2.31. The van der Waals surface area contributed by atoms with Crippen molar-refractivity contribution < 1.29 is 19.1 Å². The van der Waals surface area contributed by atoms with Crippen molar-refractivity contribution in [3.63, 3.8) is 0 Å². The van der Waals surface area contributed by atoms with Crippen LogP contribution in [0.25, 0.3) is 0 Å². The third-order valence-corrected chi connectivity index (χ3v) is 3.72. The van der Waals surface area contributed by atoms with E-state index in [0.717, 1.165) is 31.4 Å². The van der Waals surface area contributed by atoms with Crippen LogP contribution in [-0.4, -0.2) is 25.5 Å². The molecule has 1 aromatic carbocycles. The fraction of sp³-hybridized carbons (Fsp3) is 0.556. The van der Waals surface area contributed by atoms with Gasteiger partial charge in [0.2, 0.25) is 0 Å². The van der Waals surface area contributed by atoms with Crippen LogP contribution in [0.4, 0.5) is 0 Å². The highest BCUT2D eigenvalue weighted by atomic mass is 16.5. The van der Waals surface area contributed by atoms with Gasteiger partial charge < -0.3 is 9.47 Å². The average Bonchev–Trinajstić information content (AvgIpc) is 2.49. The first-order valence-electron chi connectivity index (χ1n) is 7.69. The van der Waals surface area contributed by atoms with Crippen molar-refractivity contribution in [2.24, 2.45) is 5.41 Å². The highest BCUT2D eigenvalue weighted by Gasteiger charge is 2.27. The predicted octanol–water partition coefficient (Wildman–Crippen LogP) is 4.03. The van der Waals surface area contributed by atoms with Gasteiger partial charge in [-0.25, -0.2) is 0 Å². The Kier molecular flexibility index (Phi) is 7.09. The molecule has 0 N–H and O–H groups in total. The van der Waals surface area contributed by atoms with Gasteiger partial charge in [-0.2, -0.15) is 0 Å². The van der Waals surface area contributed by atoms with E-state index < -0.39 is 5.41 Å². The van der Waals surface area contributed by atoms with E-state index in [2.05, 4.69) is 0 Å². The molecule has 0 radical (unpaired) electrons. The third kappa shape index (κ3) is 5.88. The first kappa shape index (κ1) is 18.2. The normalized spacial score (nSPS) is 11.1. The van der Waals surface area contributed by atoms with Crippen molar-refractivity contribution in [3.8, 4) is 5.75 Å². The summed E-state index contributed by atoms with van der Waals surface area (Å²) in [6, 6.07) is 7.23. The van der Waals surface area contributed by atoms with Gasteiger partial charge >= 0.3 is 5.97 Å². The first-order valence-corrected chi connectivity index (χ1v) is 7.69. The van der Waals surface area contributed by atoms with Crippen LogP contribution >= 0.6 is 0 Å². The summed E-state index contributed by atoms with van der Waals surface area (Å²) in [7, 11) is 1.61. The highest BCUT2D eigenvalue weighted by molar-refractivity contribution is 6.00. The molecule has 0 heterocycles. The molecule has 0 aromatic heterocycles. The van der Waals surface area contributed by atoms with Gasteiger partial charge in [0.25, 0.3) is 0 Å². The quantitative estimate of drug-likeness (QED) is 0.393. The maximum Gasteiger partial charge on any atom is 0.302 e. The Morgan fingerprint density at radius 3 is 2.23 bits per heavy atom. The number of unbranched alkanes of at least 4 members (excludes halogenated alkanes) is 2. The SMILES string of the molecule is COc1ccc(C(=O)C(C)(C)CCCCCOC(C)=O)cc1. The standard InChI is InChI=1S/C18H26O4/c1-14(19)22-13-7-5-6-12-18(2,3)17(20)15-8-10-16(21-4)11-9-15/h8-11H,5-7,12-13H2,1-4H3. The van der Waals surface area contributed by atoms with Crippen LogP contribution in [0.3, 0.4) is 0 Å². The van der Waals surface area contributed by atoms with Crippen molar-refractivity contribution in [3.05, 3.63) is 29.8 Å². The molecule has 1 rings (SSSR count). The van der Waals surface area contributed by atoms with E-state index in [0.29, 0.717) is 12.2 Å². The number of methoxy groups -OCH3 is 1. The van der Waals surface area contributed by atoms with Crippen molar-refractivity contribution in [2.75, 3.05) is 13.7 Å². The Morgan fingerprint density at radius 2 is 1.68 bits per heavy atom. The largest absolute Gasteiger partial charge is 0.497 e. The van der Waals surface area contributed by atoms with E-state index in [1.807, 2.05) is 38.1 Å².